The first-order valence-corrected chi connectivity index (χ1v) is 5.31. The molecule has 0 fully saturated rings. The van der Waals surface area contributed by atoms with Crippen molar-refractivity contribution in [3.05, 3.63) is 41.5 Å². The normalized spacial score (nSPS) is 11.7. The van der Waals surface area contributed by atoms with Gasteiger partial charge in [-0.15, -0.1) is 0 Å². The molecule has 1 rings (SSSR count). The molecule has 0 aliphatic heterocycles. The number of hydrogen-bond donors (Lipinski definition) is 2. The minimum atomic E-state index is -1.25. The van der Waals surface area contributed by atoms with Crippen LogP contribution < -0.4 is 5.73 Å². The zero-order valence-electron chi connectivity index (χ0n) is 10.3. The zero-order chi connectivity index (χ0) is 13.9. The fraction of sp³-hybridized carbons (Fsp3) is 0.231. The molecule has 0 amide bonds. The topological polar surface area (TPSA) is 89.6 Å². The molecule has 0 spiro atoms. The highest BCUT2D eigenvalue weighted by atomic mass is 16.6. The third kappa shape index (κ3) is 3.18. The number of aliphatic hydroxyl groups is 1. The second-order valence-electron chi connectivity index (χ2n) is 3.92. The lowest BCUT2D eigenvalue weighted by Gasteiger charge is -2.11. The van der Waals surface area contributed by atoms with E-state index in [0.29, 0.717) is 5.69 Å². The van der Waals surface area contributed by atoms with Crippen LogP contribution in [0.3, 0.4) is 0 Å². The van der Waals surface area contributed by atoms with E-state index in [0.717, 1.165) is 0 Å². The molecule has 0 aliphatic rings. The first-order valence-electron chi connectivity index (χ1n) is 5.31. The Kier molecular flexibility index (Phi) is 4.23. The van der Waals surface area contributed by atoms with Gasteiger partial charge >= 0.3 is 5.97 Å². The van der Waals surface area contributed by atoms with Crippen LogP contribution in [0, 0.1) is 0 Å². The van der Waals surface area contributed by atoms with Gasteiger partial charge in [0, 0.05) is 11.3 Å². The molecule has 0 radical (unpaired) electrons. The van der Waals surface area contributed by atoms with Crippen LogP contribution in [0.15, 0.2) is 30.4 Å². The van der Waals surface area contributed by atoms with Crippen molar-refractivity contribution >= 4 is 17.4 Å². The standard InChI is InChI=1S/C13H15NO4/c1-7(2)12(16)11-6-9(14)4-5-10(11)13(17)18-8(3)15/h4-6,8,15H,1,14H2,2-3H3. The van der Waals surface area contributed by atoms with Crippen LogP contribution in [0.5, 0.6) is 0 Å². The summed E-state index contributed by atoms with van der Waals surface area (Å²) in [7, 11) is 0. The number of hydrogen-bond acceptors (Lipinski definition) is 5. The number of ether oxygens (including phenoxy) is 1. The van der Waals surface area contributed by atoms with Crippen molar-refractivity contribution in [2.75, 3.05) is 5.73 Å². The summed E-state index contributed by atoms with van der Waals surface area (Å²) in [5.74, 6) is -1.17. The molecule has 0 aliphatic carbocycles. The number of rotatable bonds is 4. The number of nitrogens with two attached hydrogens (primary N) is 1. The van der Waals surface area contributed by atoms with Gasteiger partial charge in [0.15, 0.2) is 12.1 Å². The summed E-state index contributed by atoms with van der Waals surface area (Å²) < 4.78 is 4.64. The molecule has 1 aromatic rings. The number of carbonyl (C=O) groups excluding carboxylic acids is 2. The average molecular weight is 249 g/mol. The predicted molar refractivity (Wildman–Crippen MR) is 67.1 cm³/mol. The Bertz CT molecular complexity index is 506. The maximum Gasteiger partial charge on any atom is 0.341 e. The molecule has 1 atom stereocenters. The van der Waals surface area contributed by atoms with Gasteiger partial charge in [0.05, 0.1) is 5.56 Å². The lowest BCUT2D eigenvalue weighted by Crippen LogP contribution is -2.17. The Morgan fingerprint density at radius 3 is 2.50 bits per heavy atom. The van der Waals surface area contributed by atoms with Crippen molar-refractivity contribution in [1.82, 2.24) is 0 Å². The molecule has 5 nitrogen and oxygen atoms in total. The molecule has 0 heterocycles. The molecule has 5 heteroatoms. The van der Waals surface area contributed by atoms with Crippen molar-refractivity contribution in [2.24, 2.45) is 0 Å². The molecule has 1 unspecified atom stereocenters. The van der Waals surface area contributed by atoms with E-state index in [9.17, 15) is 9.59 Å². The van der Waals surface area contributed by atoms with Gasteiger partial charge in [0.1, 0.15) is 0 Å². The fourth-order valence-electron chi connectivity index (χ4n) is 1.38. The third-order valence-electron chi connectivity index (χ3n) is 2.17. The van der Waals surface area contributed by atoms with Crippen molar-refractivity contribution in [3.63, 3.8) is 0 Å². The summed E-state index contributed by atoms with van der Waals surface area (Å²) in [5.41, 5.74) is 6.39. The number of nitrogen functional groups attached to an aromatic ring is 1. The summed E-state index contributed by atoms with van der Waals surface area (Å²) in [6.07, 6.45) is -1.25. The Labute approximate surface area is 105 Å². The third-order valence-corrected chi connectivity index (χ3v) is 2.17. The number of benzene rings is 1. The predicted octanol–water partition coefficient (Wildman–Crippen LogP) is 1.52. The van der Waals surface area contributed by atoms with E-state index < -0.39 is 12.3 Å². The van der Waals surface area contributed by atoms with Crippen LogP contribution in [-0.2, 0) is 4.74 Å². The molecule has 3 N–H and O–H groups in total. The smallest absolute Gasteiger partial charge is 0.341 e. The highest BCUT2D eigenvalue weighted by Gasteiger charge is 2.20. The highest BCUT2D eigenvalue weighted by molar-refractivity contribution is 6.14. The van der Waals surface area contributed by atoms with Crippen LogP contribution in [0.2, 0.25) is 0 Å². The van der Waals surface area contributed by atoms with E-state index in [1.165, 1.54) is 32.0 Å². The van der Waals surface area contributed by atoms with Gasteiger partial charge in [0.2, 0.25) is 0 Å². The molecule has 0 saturated heterocycles. The lowest BCUT2D eigenvalue weighted by atomic mass is 9.99. The van der Waals surface area contributed by atoms with Crippen LogP contribution in [0.1, 0.15) is 34.6 Å². The van der Waals surface area contributed by atoms with Gasteiger partial charge in [-0.1, -0.05) is 6.58 Å². The summed E-state index contributed by atoms with van der Waals surface area (Å²) in [6.45, 7) is 6.37. The molecular formula is C13H15NO4. The number of anilines is 1. The Hall–Kier alpha value is -2.14. The maximum absolute atomic E-state index is 11.9. The SMILES string of the molecule is C=C(C)C(=O)c1cc(N)ccc1C(=O)OC(C)O. The largest absolute Gasteiger partial charge is 0.433 e. The number of carbonyl (C=O) groups is 2. The van der Waals surface area contributed by atoms with E-state index in [4.69, 9.17) is 10.8 Å². The van der Waals surface area contributed by atoms with E-state index >= 15 is 0 Å². The Morgan fingerprint density at radius 1 is 1.39 bits per heavy atom. The second kappa shape index (κ2) is 5.46. The number of esters is 1. The van der Waals surface area contributed by atoms with Crippen molar-refractivity contribution in [2.45, 2.75) is 20.1 Å². The molecule has 0 aromatic heterocycles. The summed E-state index contributed by atoms with van der Waals surface area (Å²) >= 11 is 0. The first-order chi connectivity index (χ1) is 8.32. The second-order valence-corrected chi connectivity index (χ2v) is 3.92. The van der Waals surface area contributed by atoms with Gasteiger partial charge < -0.3 is 15.6 Å². The van der Waals surface area contributed by atoms with Gasteiger partial charge in [-0.05, 0) is 37.6 Å². The molecule has 0 saturated carbocycles. The quantitative estimate of drug-likeness (QED) is 0.277. The zero-order valence-corrected chi connectivity index (χ0v) is 10.3. The van der Waals surface area contributed by atoms with Crippen molar-refractivity contribution in [1.29, 1.82) is 0 Å². The van der Waals surface area contributed by atoms with Gasteiger partial charge in [-0.2, -0.15) is 0 Å². The molecule has 1 aromatic carbocycles. The highest BCUT2D eigenvalue weighted by Crippen LogP contribution is 2.18. The van der Waals surface area contributed by atoms with E-state index in [-0.39, 0.29) is 22.5 Å². The average Bonchev–Trinajstić information content (AvgIpc) is 2.26. The molecule has 18 heavy (non-hydrogen) atoms. The number of Topliss-reactive ketones (excluding diaryl/α,β-unsaturated/α-hetero) is 1. The number of aliphatic hydroxyl groups excluding tert-OH is 1. The molecule has 96 valence electrons. The summed E-state index contributed by atoms with van der Waals surface area (Å²) in [6, 6.07) is 4.25. The lowest BCUT2D eigenvalue weighted by molar-refractivity contribution is -0.0523. The van der Waals surface area contributed by atoms with Gasteiger partial charge in [-0.25, -0.2) is 4.79 Å². The Morgan fingerprint density at radius 2 is 2.00 bits per heavy atom. The van der Waals surface area contributed by atoms with Crippen LogP contribution in [0.4, 0.5) is 5.69 Å². The molecular weight excluding hydrogens is 234 g/mol. The van der Waals surface area contributed by atoms with E-state index in [2.05, 4.69) is 11.3 Å². The number of allylic oxidation sites excluding steroid dienone is 1. The van der Waals surface area contributed by atoms with Crippen LogP contribution >= 0.6 is 0 Å². The maximum atomic E-state index is 11.9. The minimum Gasteiger partial charge on any atom is -0.433 e. The van der Waals surface area contributed by atoms with E-state index in [1.54, 1.807) is 0 Å². The van der Waals surface area contributed by atoms with Crippen molar-refractivity contribution in [3.8, 4) is 0 Å². The van der Waals surface area contributed by atoms with Gasteiger partial charge in [0.25, 0.3) is 0 Å². The van der Waals surface area contributed by atoms with Crippen molar-refractivity contribution < 1.29 is 19.4 Å². The minimum absolute atomic E-state index is 0.0538. The van der Waals surface area contributed by atoms with E-state index in [1.807, 2.05) is 0 Å². The Balaban J connectivity index is 3.23. The van der Waals surface area contributed by atoms with Crippen LogP contribution in [0.25, 0.3) is 0 Å². The monoisotopic (exact) mass is 249 g/mol. The van der Waals surface area contributed by atoms with Crippen LogP contribution in [-0.4, -0.2) is 23.1 Å². The fourth-order valence-corrected chi connectivity index (χ4v) is 1.38. The number of ketones is 1. The van der Waals surface area contributed by atoms with Gasteiger partial charge in [-0.3, -0.25) is 4.79 Å². The summed E-state index contributed by atoms with van der Waals surface area (Å²) in [4.78, 5) is 23.6. The summed E-state index contributed by atoms with van der Waals surface area (Å²) in [5, 5.41) is 9.01. The molecule has 0 bridgehead atoms. The first kappa shape index (κ1) is 13.9.